The first-order valence-corrected chi connectivity index (χ1v) is 6.51. The summed E-state index contributed by atoms with van der Waals surface area (Å²) in [6.45, 7) is 0. The average Bonchev–Trinajstić information content (AvgIpc) is 2.39. The van der Waals surface area contributed by atoms with Gasteiger partial charge in [0, 0.05) is 5.56 Å². The van der Waals surface area contributed by atoms with Crippen LogP contribution in [-0.4, -0.2) is 21.0 Å². The number of aromatic carboxylic acids is 1. The summed E-state index contributed by atoms with van der Waals surface area (Å²) in [5.74, 6) is -2.26. The van der Waals surface area contributed by atoms with Crippen molar-refractivity contribution in [3.05, 3.63) is 45.0 Å². The van der Waals surface area contributed by atoms with Crippen LogP contribution in [-0.2, 0) is 0 Å². The Labute approximate surface area is 129 Å². The van der Waals surface area contributed by atoms with Gasteiger partial charge in [-0.25, -0.2) is 27.9 Å². The Balaban J connectivity index is 2.70. The van der Waals surface area contributed by atoms with Crippen LogP contribution in [0.1, 0.15) is 22.5 Å². The lowest BCUT2D eigenvalue weighted by Gasteiger charge is -2.10. The number of alkyl halides is 2. The molecular weight excluding hydrogens is 376 g/mol. The minimum Gasteiger partial charge on any atom is -0.478 e. The van der Waals surface area contributed by atoms with E-state index in [0.29, 0.717) is 0 Å². The first kappa shape index (κ1) is 15.7. The first-order valence-electron chi connectivity index (χ1n) is 5.34. The van der Waals surface area contributed by atoms with Crippen molar-refractivity contribution >= 4 is 33.5 Å². The van der Waals surface area contributed by atoms with Crippen LogP contribution in [0.2, 0.25) is 5.02 Å². The summed E-state index contributed by atoms with van der Waals surface area (Å²) in [6, 6.07) is 1.72. The molecule has 0 radical (unpaired) electrons. The van der Waals surface area contributed by atoms with E-state index < -0.39 is 23.9 Å². The normalized spacial score (nSPS) is 11.0. The molecule has 21 heavy (non-hydrogen) atoms. The van der Waals surface area contributed by atoms with Gasteiger partial charge in [0.25, 0.3) is 6.43 Å². The minimum atomic E-state index is -2.89. The van der Waals surface area contributed by atoms with Crippen LogP contribution in [0.4, 0.5) is 13.2 Å². The van der Waals surface area contributed by atoms with Gasteiger partial charge in [0.1, 0.15) is 17.8 Å². The molecule has 1 heterocycles. The fourth-order valence-corrected chi connectivity index (χ4v) is 2.44. The highest BCUT2D eigenvalue weighted by atomic mass is 79.9. The number of benzene rings is 1. The van der Waals surface area contributed by atoms with Gasteiger partial charge in [0.2, 0.25) is 0 Å². The smallest absolute Gasteiger partial charge is 0.337 e. The van der Waals surface area contributed by atoms with E-state index in [9.17, 15) is 18.0 Å². The lowest BCUT2D eigenvalue weighted by molar-refractivity contribution is 0.0697. The molecule has 1 aromatic carbocycles. The molecule has 0 atom stereocenters. The molecule has 0 unspecified atom stereocenters. The van der Waals surface area contributed by atoms with Crippen LogP contribution in [0.5, 0.6) is 0 Å². The second-order valence-electron chi connectivity index (χ2n) is 3.84. The van der Waals surface area contributed by atoms with Crippen molar-refractivity contribution in [2.75, 3.05) is 0 Å². The summed E-state index contributed by atoms with van der Waals surface area (Å²) in [5.41, 5.74) is -1.44. The fourth-order valence-electron chi connectivity index (χ4n) is 1.62. The van der Waals surface area contributed by atoms with Gasteiger partial charge in [-0.1, -0.05) is 11.6 Å². The van der Waals surface area contributed by atoms with Crippen LogP contribution in [0.25, 0.3) is 11.3 Å². The summed E-state index contributed by atoms with van der Waals surface area (Å²) in [5, 5.41) is 8.67. The molecule has 0 amide bonds. The van der Waals surface area contributed by atoms with E-state index in [1.54, 1.807) is 0 Å². The van der Waals surface area contributed by atoms with Gasteiger partial charge in [-0.15, -0.1) is 0 Å². The molecule has 2 rings (SSSR count). The monoisotopic (exact) mass is 380 g/mol. The Morgan fingerprint density at radius 2 is 2.00 bits per heavy atom. The summed E-state index contributed by atoms with van der Waals surface area (Å²) >= 11 is 8.50. The third-order valence-corrected chi connectivity index (χ3v) is 3.66. The lowest BCUT2D eigenvalue weighted by Crippen LogP contribution is -2.02. The van der Waals surface area contributed by atoms with Crippen molar-refractivity contribution in [3.63, 3.8) is 0 Å². The van der Waals surface area contributed by atoms with Crippen molar-refractivity contribution in [2.45, 2.75) is 6.43 Å². The number of carbonyl (C=O) groups is 1. The highest BCUT2D eigenvalue weighted by Crippen LogP contribution is 2.35. The van der Waals surface area contributed by atoms with Gasteiger partial charge >= 0.3 is 5.97 Å². The Morgan fingerprint density at radius 3 is 2.57 bits per heavy atom. The van der Waals surface area contributed by atoms with Gasteiger partial charge < -0.3 is 5.11 Å². The zero-order valence-electron chi connectivity index (χ0n) is 9.95. The maximum Gasteiger partial charge on any atom is 0.337 e. The van der Waals surface area contributed by atoms with Crippen molar-refractivity contribution in [1.82, 2.24) is 9.97 Å². The molecule has 0 aliphatic heterocycles. The highest BCUT2D eigenvalue weighted by molar-refractivity contribution is 9.10. The maximum atomic E-state index is 13.9. The fraction of sp³-hybridized carbons (Fsp3) is 0.0833. The number of hydrogen-bond donors (Lipinski definition) is 1. The quantitative estimate of drug-likeness (QED) is 0.859. The largest absolute Gasteiger partial charge is 0.478 e. The SMILES string of the molecule is O=C(O)c1cc(-c2ncnc(C(F)F)c2Br)c(F)cc1Cl. The van der Waals surface area contributed by atoms with Gasteiger partial charge in [-0.05, 0) is 28.1 Å². The lowest BCUT2D eigenvalue weighted by atomic mass is 10.1. The first-order chi connectivity index (χ1) is 9.82. The van der Waals surface area contributed by atoms with Crippen LogP contribution >= 0.6 is 27.5 Å². The van der Waals surface area contributed by atoms with E-state index in [1.165, 1.54) is 0 Å². The van der Waals surface area contributed by atoms with Crippen LogP contribution < -0.4 is 0 Å². The molecule has 2 aromatic rings. The standard InChI is InChI=1S/C12H5BrClF3N2O2/c13-8-9(18-3-19-10(8)11(16)17)5-1-4(12(20)21)6(14)2-7(5)15/h1-3,11H,(H,20,21). The van der Waals surface area contributed by atoms with Crippen molar-refractivity contribution in [2.24, 2.45) is 0 Å². The molecule has 0 bridgehead atoms. The molecule has 0 saturated heterocycles. The maximum absolute atomic E-state index is 13.9. The number of carboxylic acid groups (broad SMARTS) is 1. The number of halogens is 5. The van der Waals surface area contributed by atoms with Gasteiger partial charge in [-0.3, -0.25) is 0 Å². The molecule has 0 aliphatic carbocycles. The number of nitrogens with zero attached hydrogens (tertiary/aromatic N) is 2. The summed E-state index contributed by atoms with van der Waals surface area (Å²) in [4.78, 5) is 18.1. The third kappa shape index (κ3) is 3.01. The summed E-state index contributed by atoms with van der Waals surface area (Å²) in [7, 11) is 0. The predicted molar refractivity (Wildman–Crippen MR) is 72.1 cm³/mol. The van der Waals surface area contributed by atoms with Crippen molar-refractivity contribution < 1.29 is 23.1 Å². The number of hydrogen-bond acceptors (Lipinski definition) is 3. The van der Waals surface area contributed by atoms with E-state index in [1.807, 2.05) is 0 Å². The molecule has 1 aromatic heterocycles. The van der Waals surface area contributed by atoms with Crippen LogP contribution in [0, 0.1) is 5.82 Å². The Kier molecular flexibility index (Phi) is 4.48. The number of carboxylic acids is 1. The Morgan fingerprint density at radius 1 is 1.33 bits per heavy atom. The topological polar surface area (TPSA) is 63.1 Å². The molecule has 110 valence electrons. The molecule has 9 heteroatoms. The van der Waals surface area contributed by atoms with E-state index in [0.717, 1.165) is 18.5 Å². The summed E-state index contributed by atoms with van der Waals surface area (Å²) < 4.78 is 39.3. The second kappa shape index (κ2) is 5.98. The molecule has 4 nitrogen and oxygen atoms in total. The van der Waals surface area contributed by atoms with Gasteiger partial charge in [0.05, 0.1) is 20.8 Å². The predicted octanol–water partition coefficient (Wildman–Crippen LogP) is 4.33. The zero-order chi connectivity index (χ0) is 15.7. The molecule has 0 saturated carbocycles. The molecule has 1 N–H and O–H groups in total. The Hall–Kier alpha value is -1.67. The van der Waals surface area contributed by atoms with E-state index in [4.69, 9.17) is 16.7 Å². The Bertz CT molecular complexity index is 728. The van der Waals surface area contributed by atoms with E-state index in [2.05, 4.69) is 25.9 Å². The van der Waals surface area contributed by atoms with Gasteiger partial charge in [0.15, 0.2) is 0 Å². The second-order valence-corrected chi connectivity index (χ2v) is 5.04. The van der Waals surface area contributed by atoms with Crippen molar-refractivity contribution in [1.29, 1.82) is 0 Å². The number of rotatable bonds is 3. The third-order valence-electron chi connectivity index (χ3n) is 2.57. The molecule has 0 fully saturated rings. The molecular formula is C12H5BrClF3N2O2. The zero-order valence-corrected chi connectivity index (χ0v) is 12.3. The minimum absolute atomic E-state index is 0.183. The van der Waals surface area contributed by atoms with Crippen LogP contribution in [0.3, 0.4) is 0 Å². The van der Waals surface area contributed by atoms with Gasteiger partial charge in [-0.2, -0.15) is 0 Å². The van der Waals surface area contributed by atoms with Crippen molar-refractivity contribution in [3.8, 4) is 11.3 Å². The number of aromatic nitrogens is 2. The van der Waals surface area contributed by atoms with E-state index in [-0.39, 0.29) is 26.3 Å². The summed E-state index contributed by atoms with van der Waals surface area (Å²) in [6.07, 6.45) is -2.05. The highest BCUT2D eigenvalue weighted by Gasteiger charge is 2.22. The van der Waals surface area contributed by atoms with Crippen LogP contribution in [0.15, 0.2) is 22.9 Å². The molecule has 0 spiro atoms. The average molecular weight is 382 g/mol. The molecule has 0 aliphatic rings. The van der Waals surface area contributed by atoms with E-state index >= 15 is 0 Å².